The summed E-state index contributed by atoms with van der Waals surface area (Å²) in [6.07, 6.45) is 2.93. The fourth-order valence-electron chi connectivity index (χ4n) is 5.01. The number of ether oxygens (including phenoxy) is 2. The Morgan fingerprint density at radius 2 is 1.18 bits per heavy atom. The molecule has 17 heteroatoms. The van der Waals surface area contributed by atoms with Crippen LogP contribution in [0.3, 0.4) is 0 Å². The van der Waals surface area contributed by atoms with Crippen molar-refractivity contribution in [2.45, 2.75) is 4.90 Å². The number of rotatable bonds is 8. The van der Waals surface area contributed by atoms with Crippen LogP contribution in [-0.2, 0) is 10.0 Å². The highest BCUT2D eigenvalue weighted by Crippen LogP contribution is 2.40. The molecule has 0 aliphatic carbocycles. The first-order chi connectivity index (χ1) is 24.4. The fraction of sp³-hybridized carbons (Fsp3) is 0. The zero-order chi connectivity index (χ0) is 36.4. The van der Waals surface area contributed by atoms with Crippen LogP contribution >= 0.6 is 0 Å². The van der Waals surface area contributed by atoms with Gasteiger partial charge in [-0.25, -0.2) is 21.2 Å². The summed E-state index contributed by atoms with van der Waals surface area (Å²) in [6, 6.07) is 23.1. The van der Waals surface area contributed by atoms with E-state index in [1.54, 1.807) is 48.7 Å². The van der Waals surface area contributed by atoms with Crippen molar-refractivity contribution in [3.05, 3.63) is 159 Å². The first-order valence-electron chi connectivity index (χ1n) is 14.5. The summed E-state index contributed by atoms with van der Waals surface area (Å²) in [4.78, 5) is 23.3. The second kappa shape index (κ2) is 13.6. The SMILES string of the molecule is O=[N+]([O-])c1ccc(F)c(F)c1Oc1cccc2cc[nH]c12.O=[N+]([O-])c1ccc(F)c(F)c1Oc1cccc2ccn(S(=O)(=O)c3ccccc3)c12. The van der Waals surface area contributed by atoms with Gasteiger partial charge in [0.15, 0.2) is 23.1 Å². The van der Waals surface area contributed by atoms with E-state index in [9.17, 15) is 46.2 Å². The van der Waals surface area contributed by atoms with E-state index in [2.05, 4.69) is 4.98 Å². The molecule has 7 rings (SSSR count). The van der Waals surface area contributed by atoms with Crippen molar-refractivity contribution in [1.82, 2.24) is 8.96 Å². The molecule has 0 amide bonds. The lowest BCUT2D eigenvalue weighted by Gasteiger charge is -2.12. The molecular formula is C34H20F4N4O8S. The minimum absolute atomic E-state index is 0.000203. The number of para-hydroxylation sites is 2. The molecule has 7 aromatic rings. The number of nitro groups is 2. The number of halogens is 4. The molecule has 0 aliphatic heterocycles. The second-order valence-electron chi connectivity index (χ2n) is 10.5. The van der Waals surface area contributed by atoms with E-state index in [0.717, 1.165) is 21.5 Å². The molecule has 1 N–H and O–H groups in total. The third kappa shape index (κ3) is 6.52. The van der Waals surface area contributed by atoms with Crippen molar-refractivity contribution in [3.63, 3.8) is 0 Å². The molecule has 2 heterocycles. The summed E-state index contributed by atoms with van der Waals surface area (Å²) in [7, 11) is -4.05. The average molecular weight is 721 g/mol. The third-order valence-corrected chi connectivity index (χ3v) is 9.06. The molecule has 0 fully saturated rings. The molecule has 0 atom stereocenters. The zero-order valence-corrected chi connectivity index (χ0v) is 26.3. The minimum atomic E-state index is -4.05. The number of H-pyrrole nitrogens is 1. The van der Waals surface area contributed by atoms with Crippen LogP contribution in [0.2, 0.25) is 0 Å². The molecule has 0 saturated carbocycles. The van der Waals surface area contributed by atoms with Gasteiger partial charge in [0.1, 0.15) is 5.52 Å². The summed E-state index contributed by atoms with van der Waals surface area (Å²) < 4.78 is 92.8. The maximum absolute atomic E-state index is 14.3. The minimum Gasteiger partial charge on any atom is -0.445 e. The maximum Gasteiger partial charge on any atom is 0.314 e. The zero-order valence-electron chi connectivity index (χ0n) is 25.5. The van der Waals surface area contributed by atoms with Crippen molar-refractivity contribution in [3.8, 4) is 23.0 Å². The Hall–Kier alpha value is -6.75. The number of nitrogens with one attached hydrogen (secondary N) is 1. The standard InChI is InChI=1S/C20H12F2N2O5S.C14H8F2N2O3/c21-15-9-10-16(24(25)26)20(18(15)22)29-17-8-4-5-13-11-12-23(19(13)17)30(27,28)14-6-2-1-3-7-14;15-9-4-5-10(18(19)20)14(12(9)16)21-11-3-1-2-8-6-7-17-13(8)11/h1-12H;1-7,17H. The van der Waals surface area contributed by atoms with E-state index in [4.69, 9.17) is 9.47 Å². The second-order valence-corrected chi connectivity index (χ2v) is 12.3. The molecule has 0 saturated heterocycles. The number of aromatic amines is 1. The van der Waals surface area contributed by atoms with Crippen molar-refractivity contribution >= 4 is 43.2 Å². The Morgan fingerprint density at radius 3 is 1.76 bits per heavy atom. The van der Waals surface area contributed by atoms with Gasteiger partial charge in [-0.05, 0) is 48.5 Å². The molecule has 0 spiro atoms. The van der Waals surface area contributed by atoms with Crippen molar-refractivity contribution < 1.29 is 45.3 Å². The van der Waals surface area contributed by atoms with Crippen molar-refractivity contribution in [2.75, 3.05) is 0 Å². The molecule has 0 aliphatic rings. The molecule has 5 aromatic carbocycles. The number of aromatic nitrogens is 2. The highest BCUT2D eigenvalue weighted by molar-refractivity contribution is 7.90. The van der Waals surface area contributed by atoms with E-state index in [-0.39, 0.29) is 21.9 Å². The smallest absolute Gasteiger partial charge is 0.314 e. The predicted octanol–water partition coefficient (Wildman–Crippen LogP) is 9.00. The van der Waals surface area contributed by atoms with Crippen LogP contribution in [-0.4, -0.2) is 27.2 Å². The third-order valence-electron chi connectivity index (χ3n) is 7.36. The molecular weight excluding hydrogens is 700 g/mol. The van der Waals surface area contributed by atoms with Gasteiger partial charge in [0, 0.05) is 35.3 Å². The van der Waals surface area contributed by atoms with E-state index in [1.807, 2.05) is 0 Å². The Kier molecular flexibility index (Phi) is 9.12. The predicted molar refractivity (Wildman–Crippen MR) is 175 cm³/mol. The summed E-state index contributed by atoms with van der Waals surface area (Å²) >= 11 is 0. The van der Waals surface area contributed by atoms with Gasteiger partial charge in [-0.1, -0.05) is 42.5 Å². The van der Waals surface area contributed by atoms with Gasteiger partial charge in [0.2, 0.25) is 23.1 Å². The van der Waals surface area contributed by atoms with E-state index >= 15 is 0 Å². The van der Waals surface area contributed by atoms with Gasteiger partial charge in [0.05, 0.1) is 20.3 Å². The number of nitrogens with zero attached hydrogens (tertiary/aromatic N) is 3. The molecule has 258 valence electrons. The number of nitro benzene ring substituents is 2. The summed E-state index contributed by atoms with van der Waals surface area (Å²) in [5, 5.41) is 23.4. The lowest BCUT2D eigenvalue weighted by molar-refractivity contribution is -0.386. The average Bonchev–Trinajstić information content (AvgIpc) is 3.79. The van der Waals surface area contributed by atoms with Crippen LogP contribution in [0, 0.1) is 43.5 Å². The first kappa shape index (κ1) is 34.1. The number of hydrogen-bond acceptors (Lipinski definition) is 8. The van der Waals surface area contributed by atoms with Gasteiger partial charge < -0.3 is 14.5 Å². The van der Waals surface area contributed by atoms with Crippen molar-refractivity contribution in [1.29, 1.82) is 0 Å². The number of hydrogen-bond donors (Lipinski definition) is 1. The van der Waals surface area contributed by atoms with Gasteiger partial charge in [-0.3, -0.25) is 20.2 Å². The quantitative estimate of drug-likeness (QED) is 0.0925. The Bertz CT molecular complexity index is 2580. The molecule has 51 heavy (non-hydrogen) atoms. The summed E-state index contributed by atoms with van der Waals surface area (Å²) in [6.45, 7) is 0. The Morgan fingerprint density at radius 1 is 0.627 bits per heavy atom. The van der Waals surface area contributed by atoms with Crippen LogP contribution in [0.4, 0.5) is 28.9 Å². The lowest BCUT2D eigenvalue weighted by atomic mass is 10.2. The summed E-state index contributed by atoms with van der Waals surface area (Å²) in [5.74, 6) is -7.21. The number of fused-ring (bicyclic) bond motifs is 2. The molecule has 0 radical (unpaired) electrons. The molecule has 0 unspecified atom stereocenters. The van der Waals surface area contributed by atoms with E-state index in [1.165, 1.54) is 42.6 Å². The maximum atomic E-state index is 14.3. The van der Waals surface area contributed by atoms with Crippen LogP contribution in [0.5, 0.6) is 23.0 Å². The van der Waals surface area contributed by atoms with E-state index < -0.39 is 66.0 Å². The van der Waals surface area contributed by atoms with Crippen molar-refractivity contribution in [2.24, 2.45) is 0 Å². The summed E-state index contributed by atoms with van der Waals surface area (Å²) in [5.41, 5.74) is -0.873. The Balaban J connectivity index is 0.000000187. The van der Waals surface area contributed by atoms with Gasteiger partial charge in [0.25, 0.3) is 10.0 Å². The monoisotopic (exact) mass is 720 g/mol. The topological polar surface area (TPSA) is 160 Å². The fourth-order valence-corrected chi connectivity index (χ4v) is 6.39. The van der Waals surface area contributed by atoms with Gasteiger partial charge in [-0.2, -0.15) is 8.78 Å². The van der Waals surface area contributed by atoms with Crippen LogP contribution < -0.4 is 9.47 Å². The van der Waals surface area contributed by atoms with Gasteiger partial charge >= 0.3 is 11.4 Å². The largest absolute Gasteiger partial charge is 0.445 e. The van der Waals surface area contributed by atoms with Crippen LogP contribution in [0.15, 0.2) is 120 Å². The molecule has 2 aromatic heterocycles. The number of benzene rings is 5. The van der Waals surface area contributed by atoms with Crippen LogP contribution in [0.1, 0.15) is 0 Å². The molecule has 12 nitrogen and oxygen atoms in total. The Labute approximate surface area is 284 Å². The van der Waals surface area contributed by atoms with Crippen LogP contribution in [0.25, 0.3) is 21.8 Å². The lowest BCUT2D eigenvalue weighted by Crippen LogP contribution is -2.12. The highest BCUT2D eigenvalue weighted by Gasteiger charge is 2.27. The van der Waals surface area contributed by atoms with Gasteiger partial charge in [-0.15, -0.1) is 0 Å². The molecule has 0 bridgehead atoms. The highest BCUT2D eigenvalue weighted by atomic mass is 32.2. The normalized spacial score (nSPS) is 11.2. The first-order valence-corrected chi connectivity index (χ1v) is 15.9. The van der Waals surface area contributed by atoms with E-state index in [0.29, 0.717) is 23.0 Å².